The van der Waals surface area contributed by atoms with Crippen LogP contribution in [0, 0.1) is 0 Å². The van der Waals surface area contributed by atoms with Crippen molar-refractivity contribution in [3.63, 3.8) is 0 Å². The Morgan fingerprint density at radius 2 is 2.00 bits per heavy atom. The molecule has 0 aromatic heterocycles. The van der Waals surface area contributed by atoms with Crippen molar-refractivity contribution in [3.8, 4) is 5.75 Å². The highest BCUT2D eigenvalue weighted by Gasteiger charge is 2.23. The first-order valence-corrected chi connectivity index (χ1v) is 8.28. The minimum Gasteiger partial charge on any atom is -0.490 e. The van der Waals surface area contributed by atoms with E-state index in [-0.39, 0.29) is 12.2 Å². The number of ether oxygens (including phenoxy) is 1. The topological polar surface area (TPSA) is 41.5 Å². The first-order chi connectivity index (χ1) is 10.7. The molecule has 0 aliphatic heterocycles. The molecule has 118 valence electrons. The largest absolute Gasteiger partial charge is 0.490 e. The van der Waals surface area contributed by atoms with Gasteiger partial charge in [0.15, 0.2) is 0 Å². The fraction of sp³-hybridized carbons (Fsp3) is 0.474. The number of aliphatic hydroxyl groups excluding tert-OH is 1. The van der Waals surface area contributed by atoms with Gasteiger partial charge in [-0.2, -0.15) is 0 Å². The highest BCUT2D eigenvalue weighted by Crippen LogP contribution is 2.29. The second-order valence-electron chi connectivity index (χ2n) is 6.34. The van der Waals surface area contributed by atoms with E-state index in [4.69, 9.17) is 4.74 Å². The third-order valence-corrected chi connectivity index (χ3v) is 4.37. The Bertz CT molecular complexity index is 606. The van der Waals surface area contributed by atoms with Gasteiger partial charge in [0.05, 0.1) is 6.10 Å². The molecule has 3 nitrogen and oxygen atoms in total. The molecule has 0 saturated heterocycles. The second-order valence-corrected chi connectivity index (χ2v) is 6.34. The van der Waals surface area contributed by atoms with Crippen molar-refractivity contribution in [2.24, 2.45) is 0 Å². The molecular formula is C19H25NO2. The number of nitrogens with one attached hydrogen (secondary N) is 1. The van der Waals surface area contributed by atoms with Crippen molar-refractivity contribution >= 4 is 10.8 Å². The van der Waals surface area contributed by atoms with Crippen molar-refractivity contribution in [1.29, 1.82) is 0 Å². The van der Waals surface area contributed by atoms with Gasteiger partial charge in [-0.15, -0.1) is 0 Å². The van der Waals surface area contributed by atoms with Gasteiger partial charge in [0.25, 0.3) is 0 Å². The van der Waals surface area contributed by atoms with Gasteiger partial charge in [-0.05, 0) is 44.1 Å². The summed E-state index contributed by atoms with van der Waals surface area (Å²) in [5, 5.41) is 15.3. The lowest BCUT2D eigenvalue weighted by Gasteiger charge is -2.31. The van der Waals surface area contributed by atoms with E-state index in [0.717, 1.165) is 18.6 Å². The summed E-state index contributed by atoms with van der Waals surface area (Å²) in [4.78, 5) is 0. The molecule has 0 radical (unpaired) electrons. The number of hydrogen-bond acceptors (Lipinski definition) is 3. The summed E-state index contributed by atoms with van der Waals surface area (Å²) in [5.41, 5.74) is 0. The molecule has 1 aliphatic carbocycles. The lowest BCUT2D eigenvalue weighted by Crippen LogP contribution is -2.40. The van der Waals surface area contributed by atoms with E-state index in [0.29, 0.717) is 12.6 Å². The van der Waals surface area contributed by atoms with Crippen LogP contribution in [0.15, 0.2) is 42.5 Å². The molecule has 2 N–H and O–H groups in total. The molecule has 3 atom stereocenters. The molecule has 22 heavy (non-hydrogen) atoms. The Balaban J connectivity index is 1.66. The SMILES string of the molecule is C[C@H](O)CNC1CCCC(Oc2cccc3ccccc23)C1. The molecule has 0 amide bonds. The Kier molecular flexibility index (Phi) is 4.96. The quantitative estimate of drug-likeness (QED) is 0.888. The van der Waals surface area contributed by atoms with Crippen LogP contribution in [0.5, 0.6) is 5.75 Å². The van der Waals surface area contributed by atoms with E-state index in [1.165, 1.54) is 23.6 Å². The van der Waals surface area contributed by atoms with Crippen LogP contribution in [-0.4, -0.2) is 29.9 Å². The normalized spacial score (nSPS) is 23.4. The smallest absolute Gasteiger partial charge is 0.127 e. The lowest BCUT2D eigenvalue weighted by atomic mass is 9.92. The lowest BCUT2D eigenvalue weighted by molar-refractivity contribution is 0.126. The fourth-order valence-electron chi connectivity index (χ4n) is 3.25. The highest BCUT2D eigenvalue weighted by atomic mass is 16.5. The van der Waals surface area contributed by atoms with E-state index in [1.54, 1.807) is 0 Å². The zero-order valence-electron chi connectivity index (χ0n) is 13.2. The molecule has 0 heterocycles. The molecular weight excluding hydrogens is 274 g/mol. The van der Waals surface area contributed by atoms with E-state index < -0.39 is 0 Å². The van der Waals surface area contributed by atoms with Crippen LogP contribution < -0.4 is 10.1 Å². The van der Waals surface area contributed by atoms with Crippen LogP contribution in [0.1, 0.15) is 32.6 Å². The number of fused-ring (bicyclic) bond motifs is 1. The summed E-state index contributed by atoms with van der Waals surface area (Å²) in [6.07, 6.45) is 4.42. The third-order valence-electron chi connectivity index (χ3n) is 4.37. The van der Waals surface area contributed by atoms with Crippen molar-refractivity contribution in [2.45, 2.75) is 50.9 Å². The fourth-order valence-corrected chi connectivity index (χ4v) is 3.25. The van der Waals surface area contributed by atoms with Gasteiger partial charge in [-0.1, -0.05) is 36.4 Å². The van der Waals surface area contributed by atoms with Crippen molar-refractivity contribution < 1.29 is 9.84 Å². The first-order valence-electron chi connectivity index (χ1n) is 8.28. The minimum absolute atomic E-state index is 0.256. The zero-order chi connectivity index (χ0) is 15.4. The predicted octanol–water partition coefficient (Wildman–Crippen LogP) is 3.50. The molecule has 1 saturated carbocycles. The molecule has 2 unspecified atom stereocenters. The summed E-state index contributed by atoms with van der Waals surface area (Å²) in [5.74, 6) is 0.985. The summed E-state index contributed by atoms with van der Waals surface area (Å²) in [6, 6.07) is 15.1. The van der Waals surface area contributed by atoms with Gasteiger partial charge >= 0.3 is 0 Å². The zero-order valence-corrected chi connectivity index (χ0v) is 13.2. The van der Waals surface area contributed by atoms with Crippen LogP contribution in [0.2, 0.25) is 0 Å². The molecule has 3 heteroatoms. The summed E-state index contributed by atoms with van der Waals surface area (Å²) in [7, 11) is 0. The van der Waals surface area contributed by atoms with Crippen LogP contribution in [-0.2, 0) is 0 Å². The van der Waals surface area contributed by atoms with Gasteiger partial charge in [-0.3, -0.25) is 0 Å². The van der Waals surface area contributed by atoms with Gasteiger partial charge in [-0.25, -0.2) is 0 Å². The highest BCUT2D eigenvalue weighted by molar-refractivity contribution is 5.88. The van der Waals surface area contributed by atoms with Crippen molar-refractivity contribution in [2.75, 3.05) is 6.54 Å². The maximum Gasteiger partial charge on any atom is 0.127 e. The maximum absolute atomic E-state index is 9.41. The average Bonchev–Trinajstić information content (AvgIpc) is 2.54. The summed E-state index contributed by atoms with van der Waals surface area (Å²) < 4.78 is 6.30. The molecule has 3 rings (SSSR count). The standard InChI is InChI=1S/C19H25NO2/c1-14(21)13-20-16-8-5-9-17(12-16)22-19-11-4-7-15-6-2-3-10-18(15)19/h2-4,6-7,10-11,14,16-17,20-21H,5,8-9,12-13H2,1H3/t14-,16?,17?/m0/s1. The van der Waals surface area contributed by atoms with Crippen LogP contribution in [0.4, 0.5) is 0 Å². The van der Waals surface area contributed by atoms with Gasteiger partial charge in [0.2, 0.25) is 0 Å². The third kappa shape index (κ3) is 3.79. The number of aliphatic hydroxyl groups is 1. The molecule has 1 fully saturated rings. The molecule has 2 aromatic rings. The van der Waals surface area contributed by atoms with E-state index >= 15 is 0 Å². The Hall–Kier alpha value is -1.58. The minimum atomic E-state index is -0.292. The number of hydrogen-bond donors (Lipinski definition) is 2. The number of benzene rings is 2. The van der Waals surface area contributed by atoms with Crippen LogP contribution >= 0.6 is 0 Å². The second kappa shape index (κ2) is 7.12. The average molecular weight is 299 g/mol. The molecule has 0 spiro atoms. The van der Waals surface area contributed by atoms with Gasteiger partial charge in [0.1, 0.15) is 11.9 Å². The van der Waals surface area contributed by atoms with E-state index in [1.807, 2.05) is 6.92 Å². The first kappa shape index (κ1) is 15.3. The van der Waals surface area contributed by atoms with Crippen molar-refractivity contribution in [3.05, 3.63) is 42.5 Å². The van der Waals surface area contributed by atoms with Gasteiger partial charge < -0.3 is 15.2 Å². The van der Waals surface area contributed by atoms with Crippen molar-refractivity contribution in [1.82, 2.24) is 5.32 Å². The Labute approximate surface area is 132 Å². The molecule has 0 bridgehead atoms. The maximum atomic E-state index is 9.41. The monoisotopic (exact) mass is 299 g/mol. The molecule has 1 aliphatic rings. The Morgan fingerprint density at radius 3 is 2.86 bits per heavy atom. The van der Waals surface area contributed by atoms with E-state index in [9.17, 15) is 5.11 Å². The summed E-state index contributed by atoms with van der Waals surface area (Å²) in [6.45, 7) is 2.48. The number of rotatable bonds is 5. The Morgan fingerprint density at radius 1 is 1.18 bits per heavy atom. The van der Waals surface area contributed by atoms with Gasteiger partial charge in [0, 0.05) is 18.0 Å². The predicted molar refractivity (Wildman–Crippen MR) is 90.3 cm³/mol. The van der Waals surface area contributed by atoms with Crippen LogP contribution in [0.3, 0.4) is 0 Å². The molecule has 2 aromatic carbocycles. The summed E-state index contributed by atoms with van der Waals surface area (Å²) >= 11 is 0. The van der Waals surface area contributed by atoms with Crippen LogP contribution in [0.25, 0.3) is 10.8 Å². The van der Waals surface area contributed by atoms with E-state index in [2.05, 4.69) is 47.8 Å².